The molecular formula is C17H23N5O3. The molecule has 1 unspecified atom stereocenters. The first kappa shape index (κ1) is 17.2. The SMILES string of the molecule is CCOc1cccc(NC2CCc3nc(C(C)C)nn3C2)c1[N+](=O)[O-]. The van der Waals surface area contributed by atoms with E-state index in [0.29, 0.717) is 18.8 Å². The standard InChI is InChI=1S/C17H23N5O3/c1-4-25-14-7-5-6-13(16(14)22(23)24)18-12-8-9-15-19-17(11(2)3)20-21(15)10-12/h5-7,11-12,18H,4,8-10H2,1-3H3. The van der Waals surface area contributed by atoms with E-state index in [1.165, 1.54) is 0 Å². The summed E-state index contributed by atoms with van der Waals surface area (Å²) in [4.78, 5) is 15.7. The maximum absolute atomic E-state index is 11.5. The summed E-state index contributed by atoms with van der Waals surface area (Å²) >= 11 is 0. The number of hydrogen-bond acceptors (Lipinski definition) is 6. The molecule has 0 amide bonds. The third-order valence-electron chi connectivity index (χ3n) is 4.23. The van der Waals surface area contributed by atoms with Crippen molar-refractivity contribution in [3.8, 4) is 5.75 Å². The zero-order chi connectivity index (χ0) is 18.0. The summed E-state index contributed by atoms with van der Waals surface area (Å²) in [6, 6.07) is 5.17. The highest BCUT2D eigenvalue weighted by Gasteiger charge is 2.26. The highest BCUT2D eigenvalue weighted by molar-refractivity contribution is 5.68. The van der Waals surface area contributed by atoms with Crippen LogP contribution in [0.5, 0.6) is 5.75 Å². The molecule has 0 radical (unpaired) electrons. The minimum atomic E-state index is -0.395. The van der Waals surface area contributed by atoms with Crippen LogP contribution in [0.1, 0.15) is 44.8 Å². The Labute approximate surface area is 146 Å². The fourth-order valence-corrected chi connectivity index (χ4v) is 3.01. The predicted octanol–water partition coefficient (Wildman–Crippen LogP) is 3.14. The molecule has 1 atom stereocenters. The van der Waals surface area contributed by atoms with Crippen LogP contribution in [0.4, 0.5) is 11.4 Å². The first-order valence-electron chi connectivity index (χ1n) is 8.60. The molecule has 1 N–H and O–H groups in total. The average Bonchev–Trinajstić information content (AvgIpc) is 2.98. The van der Waals surface area contributed by atoms with Gasteiger partial charge in [-0.25, -0.2) is 9.67 Å². The number of aryl methyl sites for hydroxylation is 1. The van der Waals surface area contributed by atoms with Crippen molar-refractivity contribution >= 4 is 11.4 Å². The Morgan fingerprint density at radius 3 is 2.96 bits per heavy atom. The van der Waals surface area contributed by atoms with Gasteiger partial charge in [0.05, 0.1) is 18.1 Å². The molecule has 1 aliphatic rings. The topological polar surface area (TPSA) is 95.1 Å². The summed E-state index contributed by atoms with van der Waals surface area (Å²) in [6.07, 6.45) is 1.66. The molecule has 134 valence electrons. The summed E-state index contributed by atoms with van der Waals surface area (Å²) < 4.78 is 7.32. The molecule has 0 fully saturated rings. The normalized spacial score (nSPS) is 16.6. The van der Waals surface area contributed by atoms with Gasteiger partial charge in [0.1, 0.15) is 11.5 Å². The van der Waals surface area contributed by atoms with E-state index in [1.807, 2.05) is 11.6 Å². The maximum atomic E-state index is 11.5. The largest absolute Gasteiger partial charge is 0.487 e. The number of para-hydroxylation sites is 1. The maximum Gasteiger partial charge on any atom is 0.333 e. The van der Waals surface area contributed by atoms with E-state index in [4.69, 9.17) is 4.74 Å². The first-order valence-corrected chi connectivity index (χ1v) is 8.60. The number of nitro groups is 1. The lowest BCUT2D eigenvalue weighted by Crippen LogP contribution is -2.32. The van der Waals surface area contributed by atoms with Crippen molar-refractivity contribution in [3.05, 3.63) is 40.0 Å². The zero-order valence-corrected chi connectivity index (χ0v) is 14.7. The number of nitrogens with one attached hydrogen (secondary N) is 1. The quantitative estimate of drug-likeness (QED) is 0.638. The van der Waals surface area contributed by atoms with E-state index in [0.717, 1.165) is 24.5 Å². The molecular weight excluding hydrogens is 322 g/mol. The van der Waals surface area contributed by atoms with Crippen molar-refractivity contribution in [2.45, 2.75) is 52.1 Å². The van der Waals surface area contributed by atoms with E-state index in [1.54, 1.807) is 18.2 Å². The van der Waals surface area contributed by atoms with Crippen LogP contribution in [0.2, 0.25) is 0 Å². The Morgan fingerprint density at radius 2 is 2.28 bits per heavy atom. The summed E-state index contributed by atoms with van der Waals surface area (Å²) in [5, 5.41) is 19.3. The van der Waals surface area contributed by atoms with Crippen LogP contribution in [0.15, 0.2) is 18.2 Å². The first-order chi connectivity index (χ1) is 12.0. The summed E-state index contributed by atoms with van der Waals surface area (Å²) in [5.74, 6) is 2.41. The van der Waals surface area contributed by atoms with Gasteiger partial charge >= 0.3 is 5.69 Å². The Hall–Kier alpha value is -2.64. The molecule has 1 aromatic carbocycles. The number of nitro benzene ring substituents is 1. The zero-order valence-electron chi connectivity index (χ0n) is 14.7. The second-order valence-corrected chi connectivity index (χ2v) is 6.45. The van der Waals surface area contributed by atoms with Crippen molar-refractivity contribution in [3.63, 3.8) is 0 Å². The van der Waals surface area contributed by atoms with Crippen LogP contribution < -0.4 is 10.1 Å². The van der Waals surface area contributed by atoms with Gasteiger partial charge in [-0.1, -0.05) is 19.9 Å². The Balaban J connectivity index is 1.81. The van der Waals surface area contributed by atoms with Crippen molar-refractivity contribution in [1.82, 2.24) is 14.8 Å². The molecule has 8 heteroatoms. The average molecular weight is 345 g/mol. The molecule has 0 bridgehead atoms. The van der Waals surface area contributed by atoms with Gasteiger partial charge in [0.25, 0.3) is 0 Å². The highest BCUT2D eigenvalue weighted by Crippen LogP contribution is 2.35. The smallest absolute Gasteiger partial charge is 0.333 e. The van der Waals surface area contributed by atoms with Gasteiger partial charge < -0.3 is 10.1 Å². The minimum absolute atomic E-state index is 0.0170. The number of anilines is 1. The van der Waals surface area contributed by atoms with E-state index < -0.39 is 4.92 Å². The third-order valence-corrected chi connectivity index (χ3v) is 4.23. The van der Waals surface area contributed by atoms with Gasteiger partial charge in [0.2, 0.25) is 0 Å². The van der Waals surface area contributed by atoms with Gasteiger partial charge in [-0.3, -0.25) is 10.1 Å². The molecule has 25 heavy (non-hydrogen) atoms. The third kappa shape index (κ3) is 3.57. The number of nitrogens with zero attached hydrogens (tertiary/aromatic N) is 4. The fourth-order valence-electron chi connectivity index (χ4n) is 3.01. The highest BCUT2D eigenvalue weighted by atomic mass is 16.6. The molecule has 1 aromatic heterocycles. The second kappa shape index (κ2) is 7.08. The molecule has 2 heterocycles. The number of rotatable bonds is 6. The van der Waals surface area contributed by atoms with Crippen molar-refractivity contribution in [2.75, 3.05) is 11.9 Å². The Kier molecular flexibility index (Phi) is 4.87. The molecule has 0 saturated carbocycles. The van der Waals surface area contributed by atoms with Crippen molar-refractivity contribution < 1.29 is 9.66 Å². The lowest BCUT2D eigenvalue weighted by Gasteiger charge is -2.24. The van der Waals surface area contributed by atoms with E-state index >= 15 is 0 Å². The minimum Gasteiger partial charge on any atom is -0.487 e. The number of ether oxygens (including phenoxy) is 1. The monoisotopic (exact) mass is 345 g/mol. The summed E-state index contributed by atoms with van der Waals surface area (Å²) in [6.45, 7) is 6.97. The lowest BCUT2D eigenvalue weighted by molar-refractivity contribution is -0.385. The summed E-state index contributed by atoms with van der Waals surface area (Å²) in [7, 11) is 0. The Bertz CT molecular complexity index is 772. The molecule has 0 spiro atoms. The van der Waals surface area contributed by atoms with Crippen LogP contribution in [-0.2, 0) is 13.0 Å². The van der Waals surface area contributed by atoms with Gasteiger partial charge in [0, 0.05) is 18.4 Å². The van der Waals surface area contributed by atoms with Crippen molar-refractivity contribution in [2.24, 2.45) is 0 Å². The lowest BCUT2D eigenvalue weighted by atomic mass is 10.1. The number of fused-ring (bicyclic) bond motifs is 1. The van der Waals surface area contributed by atoms with Crippen LogP contribution in [0.25, 0.3) is 0 Å². The molecule has 1 aliphatic heterocycles. The van der Waals surface area contributed by atoms with Gasteiger partial charge in [0.15, 0.2) is 11.6 Å². The molecule has 0 aliphatic carbocycles. The van der Waals surface area contributed by atoms with Crippen LogP contribution in [-0.4, -0.2) is 32.3 Å². The fraction of sp³-hybridized carbons (Fsp3) is 0.529. The van der Waals surface area contributed by atoms with Crippen molar-refractivity contribution in [1.29, 1.82) is 0 Å². The molecule has 3 rings (SSSR count). The second-order valence-electron chi connectivity index (χ2n) is 6.45. The van der Waals surface area contributed by atoms with E-state index in [-0.39, 0.29) is 23.4 Å². The van der Waals surface area contributed by atoms with E-state index in [2.05, 4.69) is 29.2 Å². The molecule has 2 aromatic rings. The van der Waals surface area contributed by atoms with Crippen LogP contribution in [0.3, 0.4) is 0 Å². The number of aromatic nitrogens is 3. The molecule has 8 nitrogen and oxygen atoms in total. The predicted molar refractivity (Wildman–Crippen MR) is 94.1 cm³/mol. The number of benzene rings is 1. The Morgan fingerprint density at radius 1 is 1.48 bits per heavy atom. The van der Waals surface area contributed by atoms with Gasteiger partial charge in [-0.15, -0.1) is 0 Å². The summed E-state index contributed by atoms with van der Waals surface area (Å²) in [5.41, 5.74) is 0.463. The van der Waals surface area contributed by atoms with Crippen LogP contribution >= 0.6 is 0 Å². The number of hydrogen-bond donors (Lipinski definition) is 1. The van der Waals surface area contributed by atoms with Crippen LogP contribution in [0, 0.1) is 10.1 Å². The molecule has 0 saturated heterocycles. The van der Waals surface area contributed by atoms with Gasteiger partial charge in [-0.05, 0) is 25.5 Å². The van der Waals surface area contributed by atoms with Gasteiger partial charge in [-0.2, -0.15) is 5.10 Å². The van der Waals surface area contributed by atoms with E-state index in [9.17, 15) is 10.1 Å².